The smallest absolute Gasteiger partial charge is 0.387 e. The number of anilines is 2. The number of halogens is 4. The van der Waals surface area contributed by atoms with E-state index < -0.39 is 12.4 Å². The fraction of sp³-hybridized carbons (Fsp3) is 0.303. The first-order valence-corrected chi connectivity index (χ1v) is 15.2. The summed E-state index contributed by atoms with van der Waals surface area (Å²) >= 11 is 6.92. The van der Waals surface area contributed by atoms with Gasteiger partial charge in [0.15, 0.2) is 11.6 Å². The molecule has 1 unspecified atom stereocenters. The van der Waals surface area contributed by atoms with E-state index in [-0.39, 0.29) is 43.2 Å². The van der Waals surface area contributed by atoms with Crippen LogP contribution in [0.25, 0.3) is 22.4 Å². The van der Waals surface area contributed by atoms with E-state index >= 15 is 4.39 Å². The molecule has 242 valence electrons. The molecule has 2 aromatic heterocycles. The number of amides is 1. The van der Waals surface area contributed by atoms with Crippen LogP contribution in [-0.4, -0.2) is 53.3 Å². The summed E-state index contributed by atoms with van der Waals surface area (Å²) in [5.74, 6) is -0.459. The Morgan fingerprint density at radius 3 is 2.63 bits per heavy atom. The van der Waals surface area contributed by atoms with E-state index in [9.17, 15) is 13.6 Å². The molecule has 1 atom stereocenters. The van der Waals surface area contributed by atoms with Crippen LogP contribution >= 0.6 is 11.6 Å². The number of rotatable bonds is 14. The maximum atomic E-state index is 15.2. The van der Waals surface area contributed by atoms with Crippen LogP contribution in [0, 0.1) is 12.7 Å². The number of aliphatic hydroxyl groups excluding tert-OH is 1. The van der Waals surface area contributed by atoms with E-state index in [4.69, 9.17) is 21.4 Å². The van der Waals surface area contributed by atoms with Crippen LogP contribution in [-0.2, 0) is 17.9 Å². The predicted molar refractivity (Wildman–Crippen MR) is 171 cm³/mol. The average molecular weight is 655 g/mol. The normalized spacial score (nSPS) is 14.5. The third-order valence-corrected chi connectivity index (χ3v) is 8.07. The molecule has 0 aliphatic carbocycles. The molecule has 9 nitrogen and oxygen atoms in total. The van der Waals surface area contributed by atoms with Gasteiger partial charge in [-0.15, -0.1) is 0 Å². The van der Waals surface area contributed by atoms with Crippen molar-refractivity contribution in [3.8, 4) is 28.1 Å². The van der Waals surface area contributed by atoms with Gasteiger partial charge in [0.25, 0.3) is 0 Å². The van der Waals surface area contributed by atoms with Gasteiger partial charge in [-0.05, 0) is 48.7 Å². The molecular formula is C33H34ClF3N6O3. The highest BCUT2D eigenvalue weighted by Gasteiger charge is 2.21. The zero-order chi connectivity index (χ0) is 32.6. The van der Waals surface area contributed by atoms with Crippen molar-refractivity contribution in [2.45, 2.75) is 45.5 Å². The first kappa shape index (κ1) is 33.1. The molecule has 5 N–H and O–H groups in total. The van der Waals surface area contributed by atoms with E-state index in [1.807, 2.05) is 13.0 Å². The number of hydrogen-bond donors (Lipinski definition) is 5. The number of aliphatic hydroxyl groups is 1. The molecule has 0 radical (unpaired) electrons. The van der Waals surface area contributed by atoms with Crippen molar-refractivity contribution in [3.05, 3.63) is 88.5 Å². The largest absolute Gasteiger partial charge is 0.434 e. The minimum absolute atomic E-state index is 0.00221. The van der Waals surface area contributed by atoms with Crippen molar-refractivity contribution < 1.29 is 27.8 Å². The average Bonchev–Trinajstić information content (AvgIpc) is 3.45. The zero-order valence-corrected chi connectivity index (χ0v) is 25.8. The summed E-state index contributed by atoms with van der Waals surface area (Å²) in [5.41, 5.74) is 4.56. The van der Waals surface area contributed by atoms with Gasteiger partial charge in [0.2, 0.25) is 5.91 Å². The number of carbonyl (C=O) groups is 1. The van der Waals surface area contributed by atoms with Crippen molar-refractivity contribution >= 4 is 29.0 Å². The van der Waals surface area contributed by atoms with Crippen LogP contribution < -0.4 is 26.0 Å². The van der Waals surface area contributed by atoms with Gasteiger partial charge in [0.1, 0.15) is 5.75 Å². The molecule has 13 heteroatoms. The Labute approximate surface area is 269 Å². The van der Waals surface area contributed by atoms with E-state index in [2.05, 4.69) is 31.2 Å². The molecule has 0 saturated carbocycles. The summed E-state index contributed by atoms with van der Waals surface area (Å²) in [5, 5.41) is 21.4. The summed E-state index contributed by atoms with van der Waals surface area (Å²) in [6.45, 7) is 0.107. The Balaban J connectivity index is 1.39. The first-order valence-electron chi connectivity index (χ1n) is 14.8. The summed E-state index contributed by atoms with van der Waals surface area (Å²) in [6, 6.07) is 13.7. The Morgan fingerprint density at radius 1 is 1.07 bits per heavy atom. The summed E-state index contributed by atoms with van der Waals surface area (Å²) in [7, 11) is 0. The van der Waals surface area contributed by atoms with Crippen LogP contribution in [0.2, 0.25) is 5.02 Å². The lowest BCUT2D eigenvalue weighted by Gasteiger charge is -2.17. The Bertz CT molecular complexity index is 1690. The van der Waals surface area contributed by atoms with Crippen molar-refractivity contribution in [2.24, 2.45) is 0 Å². The number of nitrogens with one attached hydrogen (secondary N) is 4. The third kappa shape index (κ3) is 7.94. The summed E-state index contributed by atoms with van der Waals surface area (Å²) < 4.78 is 46.8. The second kappa shape index (κ2) is 15.4. The number of pyridine rings is 2. The monoisotopic (exact) mass is 654 g/mol. The lowest BCUT2D eigenvalue weighted by molar-refractivity contribution is -0.119. The quantitative estimate of drug-likeness (QED) is 0.110. The fourth-order valence-electron chi connectivity index (χ4n) is 5.32. The Hall–Kier alpha value is -4.23. The van der Waals surface area contributed by atoms with Crippen molar-refractivity contribution in [1.29, 1.82) is 0 Å². The van der Waals surface area contributed by atoms with Crippen LogP contribution in [0.1, 0.15) is 29.5 Å². The lowest BCUT2D eigenvalue weighted by atomic mass is 9.97. The molecule has 1 aliphatic rings. The molecule has 5 rings (SSSR count). The number of aromatic nitrogens is 2. The maximum Gasteiger partial charge on any atom is 0.387 e. The van der Waals surface area contributed by atoms with Gasteiger partial charge < -0.3 is 31.1 Å². The zero-order valence-electron chi connectivity index (χ0n) is 25.0. The highest BCUT2D eigenvalue weighted by atomic mass is 35.5. The molecule has 0 spiro atoms. The molecule has 1 amide bonds. The van der Waals surface area contributed by atoms with Crippen LogP contribution in [0.4, 0.5) is 24.7 Å². The minimum Gasteiger partial charge on any atom is -0.434 e. The summed E-state index contributed by atoms with van der Waals surface area (Å²) in [4.78, 5) is 20.1. The standard InChI is InChI=1S/C33H34ClF3N6O3/c1-19-24(3-2-4-26(19)43-32-30(35)22(9-11-41-32)17-38-13-14-44)25-10-12-40-31(29(25)34)20-5-6-21(27(15-20)46-33(36)37)16-39-18-23-7-8-28(45)42-23/h2-6,9-12,15,23,33,38-39,44H,7-8,13-14,16-18H2,1H3,(H,41,43)(H,42,45). The molecule has 46 heavy (non-hydrogen) atoms. The number of nitrogens with zero attached hydrogens (tertiary/aromatic N) is 2. The highest BCUT2D eigenvalue weighted by molar-refractivity contribution is 6.35. The van der Waals surface area contributed by atoms with Crippen LogP contribution in [0.5, 0.6) is 5.75 Å². The van der Waals surface area contributed by atoms with Gasteiger partial charge in [-0.3, -0.25) is 9.78 Å². The van der Waals surface area contributed by atoms with Gasteiger partial charge in [-0.25, -0.2) is 9.37 Å². The molecule has 0 bridgehead atoms. The molecule has 1 fully saturated rings. The van der Waals surface area contributed by atoms with Gasteiger partial charge in [0.05, 0.1) is 17.3 Å². The number of ether oxygens (including phenoxy) is 1. The number of alkyl halides is 2. The number of hydrogen-bond acceptors (Lipinski definition) is 8. The third-order valence-electron chi connectivity index (χ3n) is 7.69. The lowest BCUT2D eigenvalue weighted by Crippen LogP contribution is -2.35. The van der Waals surface area contributed by atoms with E-state index in [0.717, 1.165) is 17.5 Å². The van der Waals surface area contributed by atoms with Gasteiger partial charge in [-0.1, -0.05) is 35.9 Å². The summed E-state index contributed by atoms with van der Waals surface area (Å²) in [6.07, 6.45) is 4.28. The van der Waals surface area contributed by atoms with Crippen LogP contribution in [0.15, 0.2) is 60.9 Å². The Kier molecular flexibility index (Phi) is 11.1. The van der Waals surface area contributed by atoms with Crippen molar-refractivity contribution in [3.63, 3.8) is 0 Å². The molecule has 1 saturated heterocycles. The van der Waals surface area contributed by atoms with E-state index in [0.29, 0.717) is 58.2 Å². The number of benzene rings is 2. The highest BCUT2D eigenvalue weighted by Crippen LogP contribution is 2.39. The van der Waals surface area contributed by atoms with E-state index in [1.54, 1.807) is 42.6 Å². The van der Waals surface area contributed by atoms with Crippen molar-refractivity contribution in [2.75, 3.05) is 25.0 Å². The van der Waals surface area contributed by atoms with Crippen LogP contribution in [0.3, 0.4) is 0 Å². The molecule has 2 aromatic carbocycles. The maximum absolute atomic E-state index is 15.2. The SMILES string of the molecule is Cc1c(Nc2nccc(CNCCO)c2F)cccc1-c1ccnc(-c2ccc(CNCC3CCC(=O)N3)c(OC(F)F)c2)c1Cl. The molecule has 4 aromatic rings. The molecule has 3 heterocycles. The topological polar surface area (TPSA) is 120 Å². The molecular weight excluding hydrogens is 621 g/mol. The predicted octanol–water partition coefficient (Wildman–Crippen LogP) is 5.71. The van der Waals surface area contributed by atoms with Crippen molar-refractivity contribution in [1.82, 2.24) is 25.9 Å². The second-order valence-electron chi connectivity index (χ2n) is 10.8. The second-order valence-corrected chi connectivity index (χ2v) is 11.2. The molecule has 1 aliphatic heterocycles. The number of carbonyl (C=O) groups excluding carboxylic acids is 1. The van der Waals surface area contributed by atoms with E-state index in [1.165, 1.54) is 12.3 Å². The first-order chi connectivity index (χ1) is 22.2. The van der Waals surface area contributed by atoms with Gasteiger partial charge in [-0.2, -0.15) is 8.78 Å². The minimum atomic E-state index is -3.03. The Morgan fingerprint density at radius 2 is 1.87 bits per heavy atom. The van der Waals surface area contributed by atoms with Gasteiger partial charge >= 0.3 is 6.61 Å². The fourth-order valence-corrected chi connectivity index (χ4v) is 5.64. The van der Waals surface area contributed by atoms with Gasteiger partial charge in [0, 0.05) is 79.0 Å².